The first-order chi connectivity index (χ1) is 9.24. The van der Waals surface area contributed by atoms with Crippen LogP contribution in [0.4, 0.5) is 0 Å². The number of amides is 1. The van der Waals surface area contributed by atoms with E-state index in [2.05, 4.69) is 0 Å². The van der Waals surface area contributed by atoms with E-state index in [0.29, 0.717) is 12.5 Å². The number of nitrogens with two attached hydrogens (primary N) is 1. The van der Waals surface area contributed by atoms with E-state index in [1.54, 1.807) is 0 Å². The second-order valence-corrected chi connectivity index (χ2v) is 4.93. The molecule has 1 heterocycles. The van der Waals surface area contributed by atoms with Crippen molar-refractivity contribution in [3.8, 4) is 5.75 Å². The SMILES string of the molecule is CCOc1ccc(C(=O)N2CCC(CN)CC2)cc1. The highest BCUT2D eigenvalue weighted by atomic mass is 16.5. The lowest BCUT2D eigenvalue weighted by atomic mass is 9.96. The van der Waals surface area contributed by atoms with Crippen LogP contribution in [0.5, 0.6) is 5.75 Å². The van der Waals surface area contributed by atoms with Gasteiger partial charge in [-0.3, -0.25) is 4.79 Å². The molecule has 1 fully saturated rings. The van der Waals surface area contributed by atoms with E-state index in [1.807, 2.05) is 36.1 Å². The number of hydrogen-bond donors (Lipinski definition) is 1. The smallest absolute Gasteiger partial charge is 0.253 e. The van der Waals surface area contributed by atoms with Gasteiger partial charge in [0.2, 0.25) is 0 Å². The number of piperidine rings is 1. The summed E-state index contributed by atoms with van der Waals surface area (Å²) in [7, 11) is 0. The maximum absolute atomic E-state index is 12.3. The van der Waals surface area contributed by atoms with Crippen molar-refractivity contribution in [2.75, 3.05) is 26.2 Å². The molecule has 104 valence electrons. The van der Waals surface area contributed by atoms with Crippen LogP contribution in [0, 0.1) is 5.92 Å². The van der Waals surface area contributed by atoms with Crippen LogP contribution < -0.4 is 10.5 Å². The van der Waals surface area contributed by atoms with Crippen molar-refractivity contribution in [1.82, 2.24) is 4.90 Å². The number of nitrogens with zero attached hydrogens (tertiary/aromatic N) is 1. The van der Waals surface area contributed by atoms with Gasteiger partial charge in [-0.15, -0.1) is 0 Å². The van der Waals surface area contributed by atoms with Gasteiger partial charge in [0, 0.05) is 18.7 Å². The van der Waals surface area contributed by atoms with Crippen molar-refractivity contribution >= 4 is 5.91 Å². The van der Waals surface area contributed by atoms with Gasteiger partial charge in [-0.2, -0.15) is 0 Å². The summed E-state index contributed by atoms with van der Waals surface area (Å²) < 4.78 is 5.38. The van der Waals surface area contributed by atoms with E-state index in [0.717, 1.165) is 43.8 Å². The van der Waals surface area contributed by atoms with E-state index in [-0.39, 0.29) is 5.91 Å². The number of carbonyl (C=O) groups excluding carboxylic acids is 1. The topological polar surface area (TPSA) is 55.6 Å². The monoisotopic (exact) mass is 262 g/mol. The van der Waals surface area contributed by atoms with Crippen LogP contribution >= 0.6 is 0 Å². The van der Waals surface area contributed by atoms with E-state index in [4.69, 9.17) is 10.5 Å². The Hall–Kier alpha value is -1.55. The number of likely N-dealkylation sites (tertiary alicyclic amines) is 1. The van der Waals surface area contributed by atoms with Crippen molar-refractivity contribution in [1.29, 1.82) is 0 Å². The Balaban J connectivity index is 1.96. The van der Waals surface area contributed by atoms with E-state index >= 15 is 0 Å². The van der Waals surface area contributed by atoms with Crippen LogP contribution in [0.2, 0.25) is 0 Å². The number of benzene rings is 1. The van der Waals surface area contributed by atoms with Crippen LogP contribution in [-0.4, -0.2) is 37.0 Å². The number of rotatable bonds is 4. The Morgan fingerprint density at radius 3 is 2.47 bits per heavy atom. The summed E-state index contributed by atoms with van der Waals surface area (Å²) in [5, 5.41) is 0. The van der Waals surface area contributed by atoms with Gasteiger partial charge >= 0.3 is 0 Å². The molecule has 1 amide bonds. The van der Waals surface area contributed by atoms with Crippen LogP contribution in [0.15, 0.2) is 24.3 Å². The standard InChI is InChI=1S/C15H22N2O2/c1-2-19-14-5-3-13(4-6-14)15(18)17-9-7-12(11-16)8-10-17/h3-6,12H,2,7-11,16H2,1H3. The summed E-state index contributed by atoms with van der Waals surface area (Å²) in [4.78, 5) is 14.2. The zero-order valence-corrected chi connectivity index (χ0v) is 11.5. The summed E-state index contributed by atoms with van der Waals surface area (Å²) in [6.07, 6.45) is 2.03. The van der Waals surface area contributed by atoms with Crippen LogP contribution in [0.25, 0.3) is 0 Å². The van der Waals surface area contributed by atoms with Crippen molar-refractivity contribution in [3.63, 3.8) is 0 Å². The molecule has 0 saturated carbocycles. The van der Waals surface area contributed by atoms with Gasteiger partial charge in [0.1, 0.15) is 5.75 Å². The highest BCUT2D eigenvalue weighted by molar-refractivity contribution is 5.94. The molecule has 0 bridgehead atoms. The molecule has 1 saturated heterocycles. The summed E-state index contributed by atoms with van der Waals surface area (Å²) in [5.74, 6) is 1.49. The molecule has 0 spiro atoms. The minimum Gasteiger partial charge on any atom is -0.494 e. The van der Waals surface area contributed by atoms with Crippen LogP contribution in [0.1, 0.15) is 30.1 Å². The maximum atomic E-state index is 12.3. The van der Waals surface area contributed by atoms with E-state index < -0.39 is 0 Å². The molecule has 4 heteroatoms. The Morgan fingerprint density at radius 1 is 1.32 bits per heavy atom. The van der Waals surface area contributed by atoms with Crippen molar-refractivity contribution in [3.05, 3.63) is 29.8 Å². The number of carbonyl (C=O) groups is 1. The van der Waals surface area contributed by atoms with Gasteiger partial charge in [0.25, 0.3) is 5.91 Å². The first kappa shape index (κ1) is 13.9. The summed E-state index contributed by atoms with van der Waals surface area (Å²) >= 11 is 0. The summed E-state index contributed by atoms with van der Waals surface area (Å²) in [6.45, 7) is 4.94. The largest absolute Gasteiger partial charge is 0.494 e. The molecule has 0 radical (unpaired) electrons. The zero-order valence-electron chi connectivity index (χ0n) is 11.5. The highest BCUT2D eigenvalue weighted by Crippen LogP contribution is 2.19. The van der Waals surface area contributed by atoms with Crippen molar-refractivity contribution in [2.24, 2.45) is 11.7 Å². The second-order valence-electron chi connectivity index (χ2n) is 4.93. The Kier molecular flexibility index (Phi) is 4.80. The fraction of sp³-hybridized carbons (Fsp3) is 0.533. The maximum Gasteiger partial charge on any atom is 0.253 e. The number of hydrogen-bond acceptors (Lipinski definition) is 3. The minimum atomic E-state index is 0.110. The Labute approximate surface area is 114 Å². The van der Waals surface area contributed by atoms with Crippen molar-refractivity contribution < 1.29 is 9.53 Å². The molecule has 0 atom stereocenters. The van der Waals surface area contributed by atoms with Gasteiger partial charge in [-0.1, -0.05) is 0 Å². The Morgan fingerprint density at radius 2 is 1.95 bits per heavy atom. The van der Waals surface area contributed by atoms with Gasteiger partial charge < -0.3 is 15.4 Å². The number of ether oxygens (including phenoxy) is 1. The minimum absolute atomic E-state index is 0.110. The zero-order chi connectivity index (χ0) is 13.7. The average molecular weight is 262 g/mol. The molecule has 0 unspecified atom stereocenters. The summed E-state index contributed by atoms with van der Waals surface area (Å²) in [6, 6.07) is 7.37. The highest BCUT2D eigenvalue weighted by Gasteiger charge is 2.22. The van der Waals surface area contributed by atoms with Gasteiger partial charge in [0.15, 0.2) is 0 Å². The second kappa shape index (κ2) is 6.57. The fourth-order valence-corrected chi connectivity index (χ4v) is 2.41. The predicted molar refractivity (Wildman–Crippen MR) is 75.3 cm³/mol. The molecular formula is C15H22N2O2. The predicted octanol–water partition coefficient (Wildman–Crippen LogP) is 1.90. The lowest BCUT2D eigenvalue weighted by molar-refractivity contribution is 0.0693. The normalized spacial score (nSPS) is 16.4. The molecule has 1 aromatic carbocycles. The van der Waals surface area contributed by atoms with Gasteiger partial charge in [0.05, 0.1) is 6.61 Å². The van der Waals surface area contributed by atoms with Crippen LogP contribution in [0.3, 0.4) is 0 Å². The first-order valence-corrected chi connectivity index (χ1v) is 6.96. The van der Waals surface area contributed by atoms with E-state index in [9.17, 15) is 4.79 Å². The third-order valence-corrected chi connectivity index (χ3v) is 3.65. The third kappa shape index (κ3) is 3.47. The average Bonchev–Trinajstić information content (AvgIpc) is 2.48. The molecule has 19 heavy (non-hydrogen) atoms. The molecule has 0 aliphatic carbocycles. The molecule has 2 rings (SSSR count). The first-order valence-electron chi connectivity index (χ1n) is 6.96. The lowest BCUT2D eigenvalue weighted by Crippen LogP contribution is -2.40. The molecular weight excluding hydrogens is 240 g/mol. The molecule has 2 N–H and O–H groups in total. The molecule has 0 aromatic heterocycles. The van der Waals surface area contributed by atoms with Gasteiger partial charge in [-0.05, 0) is 56.5 Å². The third-order valence-electron chi connectivity index (χ3n) is 3.65. The molecule has 1 aromatic rings. The lowest BCUT2D eigenvalue weighted by Gasteiger charge is -2.31. The van der Waals surface area contributed by atoms with Gasteiger partial charge in [-0.25, -0.2) is 0 Å². The molecule has 1 aliphatic heterocycles. The van der Waals surface area contributed by atoms with Crippen LogP contribution in [-0.2, 0) is 0 Å². The molecule has 1 aliphatic rings. The molecule has 4 nitrogen and oxygen atoms in total. The quantitative estimate of drug-likeness (QED) is 0.901. The van der Waals surface area contributed by atoms with Crippen molar-refractivity contribution in [2.45, 2.75) is 19.8 Å². The summed E-state index contributed by atoms with van der Waals surface area (Å²) in [5.41, 5.74) is 6.39. The fourth-order valence-electron chi connectivity index (χ4n) is 2.41. The Bertz CT molecular complexity index is 409. The van der Waals surface area contributed by atoms with E-state index in [1.165, 1.54) is 0 Å².